The molecule has 0 saturated heterocycles. The second-order valence-electron chi connectivity index (χ2n) is 5.52. The zero-order chi connectivity index (χ0) is 16.5. The van der Waals surface area contributed by atoms with Crippen molar-refractivity contribution in [2.45, 2.75) is 26.4 Å². The molecule has 0 aliphatic carbocycles. The Hall–Kier alpha value is -1.06. The fourth-order valence-electron chi connectivity index (χ4n) is 2.20. The molecule has 0 aliphatic heterocycles. The van der Waals surface area contributed by atoms with Gasteiger partial charge in [0, 0.05) is 18.0 Å². The van der Waals surface area contributed by atoms with Gasteiger partial charge in [0.15, 0.2) is 5.96 Å². The predicted octanol–water partition coefficient (Wildman–Crippen LogP) is 3.43. The zero-order valence-corrected chi connectivity index (χ0v) is 17.2. The highest BCUT2D eigenvalue weighted by Crippen LogP contribution is 2.14. The summed E-state index contributed by atoms with van der Waals surface area (Å²) in [5.41, 5.74) is 0. The molecular formula is C17H26IN3O2S. The molecule has 0 aromatic carbocycles. The zero-order valence-electron chi connectivity index (χ0n) is 14.1. The van der Waals surface area contributed by atoms with Crippen molar-refractivity contribution in [2.24, 2.45) is 10.9 Å². The summed E-state index contributed by atoms with van der Waals surface area (Å²) in [5, 5.41) is 18.5. The van der Waals surface area contributed by atoms with Crippen LogP contribution in [0.1, 0.15) is 30.6 Å². The largest absolute Gasteiger partial charge is 0.467 e. The van der Waals surface area contributed by atoms with Crippen LogP contribution in [0.3, 0.4) is 0 Å². The molecule has 2 aromatic heterocycles. The van der Waals surface area contributed by atoms with E-state index in [2.05, 4.69) is 40.1 Å². The molecule has 2 aromatic rings. The molecule has 0 amide bonds. The third kappa shape index (κ3) is 7.23. The Kier molecular flexibility index (Phi) is 10.0. The van der Waals surface area contributed by atoms with Gasteiger partial charge in [0.1, 0.15) is 11.9 Å². The summed E-state index contributed by atoms with van der Waals surface area (Å²) < 4.78 is 5.20. The number of hydrogen-bond acceptors (Lipinski definition) is 4. The summed E-state index contributed by atoms with van der Waals surface area (Å²) in [6, 6.07) is 7.77. The van der Waals surface area contributed by atoms with Crippen molar-refractivity contribution in [1.29, 1.82) is 0 Å². The first-order chi connectivity index (χ1) is 11.2. The van der Waals surface area contributed by atoms with Gasteiger partial charge in [-0.05, 0) is 42.8 Å². The molecule has 7 heteroatoms. The minimum absolute atomic E-state index is 0. The van der Waals surface area contributed by atoms with E-state index < -0.39 is 6.10 Å². The average molecular weight is 463 g/mol. The van der Waals surface area contributed by atoms with Crippen LogP contribution in [0.5, 0.6) is 0 Å². The van der Waals surface area contributed by atoms with Gasteiger partial charge in [0.25, 0.3) is 0 Å². The quantitative estimate of drug-likeness (QED) is 0.319. The normalized spacial score (nSPS) is 13.9. The van der Waals surface area contributed by atoms with Gasteiger partial charge in [0.2, 0.25) is 0 Å². The van der Waals surface area contributed by atoms with Crippen LogP contribution in [-0.2, 0) is 6.42 Å². The first-order valence-electron chi connectivity index (χ1n) is 7.95. The Morgan fingerprint density at radius 2 is 2.17 bits per heavy atom. The molecule has 134 valence electrons. The topological polar surface area (TPSA) is 69.8 Å². The number of furan rings is 1. The molecule has 3 N–H and O–H groups in total. The molecule has 5 nitrogen and oxygen atoms in total. The van der Waals surface area contributed by atoms with Gasteiger partial charge in [-0.3, -0.25) is 4.99 Å². The Morgan fingerprint density at radius 3 is 2.79 bits per heavy atom. The van der Waals surface area contributed by atoms with E-state index in [1.54, 1.807) is 29.7 Å². The lowest BCUT2D eigenvalue weighted by Gasteiger charge is -2.15. The number of rotatable bonds is 8. The Balaban J connectivity index is 0.00000288. The van der Waals surface area contributed by atoms with Gasteiger partial charge >= 0.3 is 0 Å². The first-order valence-corrected chi connectivity index (χ1v) is 8.83. The molecular weight excluding hydrogens is 437 g/mol. The van der Waals surface area contributed by atoms with Gasteiger partial charge in [-0.15, -0.1) is 35.3 Å². The summed E-state index contributed by atoms with van der Waals surface area (Å²) in [7, 11) is 0. The van der Waals surface area contributed by atoms with E-state index in [0.717, 1.165) is 25.5 Å². The molecule has 0 spiro atoms. The standard InChI is InChI=1S/C17H25N3O2S.HI/c1-3-18-17(20-12-15(21)16-7-4-8-22-16)19-11-13(2)10-14-6-5-9-23-14;/h4-9,13,15,21H,3,10-12H2,1-2H3,(H2,18,19,20);1H. The monoisotopic (exact) mass is 463 g/mol. The predicted molar refractivity (Wildman–Crippen MR) is 110 cm³/mol. The summed E-state index contributed by atoms with van der Waals surface area (Å²) in [5.74, 6) is 1.75. The number of halogens is 1. The number of aliphatic hydroxyl groups excluding tert-OH is 1. The van der Waals surface area contributed by atoms with E-state index in [1.165, 1.54) is 4.88 Å². The highest BCUT2D eigenvalue weighted by molar-refractivity contribution is 14.0. The van der Waals surface area contributed by atoms with Crippen molar-refractivity contribution in [3.63, 3.8) is 0 Å². The Morgan fingerprint density at radius 1 is 1.33 bits per heavy atom. The number of nitrogens with one attached hydrogen (secondary N) is 2. The Labute approximate surface area is 164 Å². The van der Waals surface area contributed by atoms with Crippen LogP contribution in [0.2, 0.25) is 0 Å². The van der Waals surface area contributed by atoms with Crippen molar-refractivity contribution >= 4 is 41.3 Å². The fourth-order valence-corrected chi connectivity index (χ4v) is 3.07. The van der Waals surface area contributed by atoms with Crippen LogP contribution in [0.25, 0.3) is 0 Å². The van der Waals surface area contributed by atoms with Crippen molar-refractivity contribution in [1.82, 2.24) is 10.6 Å². The van der Waals surface area contributed by atoms with E-state index in [-0.39, 0.29) is 24.0 Å². The van der Waals surface area contributed by atoms with Crippen molar-refractivity contribution in [2.75, 3.05) is 19.6 Å². The summed E-state index contributed by atoms with van der Waals surface area (Å²) in [4.78, 5) is 5.99. The Bertz CT molecular complexity index is 573. The van der Waals surface area contributed by atoms with Gasteiger partial charge in [0.05, 0.1) is 12.8 Å². The second kappa shape index (κ2) is 11.5. The minimum Gasteiger partial charge on any atom is -0.467 e. The van der Waals surface area contributed by atoms with Crippen molar-refractivity contribution in [3.8, 4) is 0 Å². The summed E-state index contributed by atoms with van der Waals surface area (Å²) in [6.07, 6.45) is 1.91. The molecule has 24 heavy (non-hydrogen) atoms. The third-order valence-electron chi connectivity index (χ3n) is 3.37. The van der Waals surface area contributed by atoms with Crippen LogP contribution in [0.15, 0.2) is 45.3 Å². The van der Waals surface area contributed by atoms with Crippen molar-refractivity contribution in [3.05, 3.63) is 46.5 Å². The molecule has 0 bridgehead atoms. The van der Waals surface area contributed by atoms with E-state index >= 15 is 0 Å². The van der Waals surface area contributed by atoms with E-state index in [9.17, 15) is 5.11 Å². The molecule has 2 rings (SSSR count). The highest BCUT2D eigenvalue weighted by atomic mass is 127. The van der Waals surface area contributed by atoms with Gasteiger partial charge < -0.3 is 20.2 Å². The lowest BCUT2D eigenvalue weighted by molar-refractivity contribution is 0.153. The number of hydrogen-bond donors (Lipinski definition) is 3. The van der Waals surface area contributed by atoms with E-state index in [4.69, 9.17) is 4.42 Å². The minimum atomic E-state index is -0.683. The number of guanidine groups is 1. The smallest absolute Gasteiger partial charge is 0.191 e. The van der Waals surface area contributed by atoms with Gasteiger partial charge in [-0.25, -0.2) is 0 Å². The second-order valence-corrected chi connectivity index (χ2v) is 6.55. The number of nitrogens with zero attached hydrogens (tertiary/aromatic N) is 1. The summed E-state index contributed by atoms with van der Waals surface area (Å²) in [6.45, 7) is 6.10. The van der Waals surface area contributed by atoms with Crippen LogP contribution < -0.4 is 10.6 Å². The van der Waals surface area contributed by atoms with Gasteiger partial charge in [-0.2, -0.15) is 0 Å². The molecule has 0 saturated carbocycles. The number of aliphatic hydroxyl groups is 1. The maximum absolute atomic E-state index is 10.0. The lowest BCUT2D eigenvalue weighted by atomic mass is 10.1. The number of aliphatic imine (C=N–C) groups is 1. The molecule has 2 heterocycles. The maximum atomic E-state index is 10.0. The van der Waals surface area contributed by atoms with Crippen LogP contribution in [0.4, 0.5) is 0 Å². The van der Waals surface area contributed by atoms with Crippen LogP contribution in [0, 0.1) is 5.92 Å². The third-order valence-corrected chi connectivity index (χ3v) is 4.27. The average Bonchev–Trinajstić information content (AvgIpc) is 3.23. The molecule has 0 fully saturated rings. The molecule has 2 atom stereocenters. The highest BCUT2D eigenvalue weighted by Gasteiger charge is 2.11. The van der Waals surface area contributed by atoms with Crippen LogP contribution in [-0.4, -0.2) is 30.7 Å². The number of thiophene rings is 1. The molecule has 0 aliphatic rings. The maximum Gasteiger partial charge on any atom is 0.191 e. The van der Waals surface area contributed by atoms with E-state index in [0.29, 0.717) is 18.2 Å². The lowest BCUT2D eigenvalue weighted by Crippen LogP contribution is -2.39. The van der Waals surface area contributed by atoms with Crippen LogP contribution >= 0.6 is 35.3 Å². The SMILES string of the molecule is CCNC(=NCC(C)Cc1cccs1)NCC(O)c1ccco1.I. The molecule has 2 unspecified atom stereocenters. The van der Waals surface area contributed by atoms with Crippen molar-refractivity contribution < 1.29 is 9.52 Å². The van der Waals surface area contributed by atoms with E-state index in [1.807, 2.05) is 6.92 Å². The summed E-state index contributed by atoms with van der Waals surface area (Å²) >= 11 is 1.79. The molecule has 0 radical (unpaired) electrons. The van der Waals surface area contributed by atoms with Gasteiger partial charge in [-0.1, -0.05) is 13.0 Å². The first kappa shape index (κ1) is 21.0. The fraction of sp³-hybridized carbons (Fsp3) is 0.471.